The number of thiophene rings is 1. The summed E-state index contributed by atoms with van der Waals surface area (Å²) in [7, 11) is 1.74. The highest BCUT2D eigenvalue weighted by molar-refractivity contribution is 7.10. The van der Waals surface area contributed by atoms with E-state index in [0.717, 1.165) is 23.2 Å². The van der Waals surface area contributed by atoms with E-state index in [2.05, 4.69) is 9.97 Å². The van der Waals surface area contributed by atoms with Crippen LogP contribution in [0.3, 0.4) is 0 Å². The van der Waals surface area contributed by atoms with Crippen LogP contribution in [0.25, 0.3) is 11.2 Å². The number of hydrogen-bond donors (Lipinski definition) is 0. The van der Waals surface area contributed by atoms with Crippen LogP contribution < -0.4 is 5.69 Å². The van der Waals surface area contributed by atoms with Crippen molar-refractivity contribution in [1.82, 2.24) is 24.0 Å². The molecule has 1 fully saturated rings. The Morgan fingerprint density at radius 3 is 2.88 bits per heavy atom. The van der Waals surface area contributed by atoms with Gasteiger partial charge in [-0.2, -0.15) is 0 Å². The normalized spacial score (nSPS) is 15.8. The van der Waals surface area contributed by atoms with Crippen molar-refractivity contribution in [3.8, 4) is 0 Å². The molecule has 8 heteroatoms. The molecular weight excluding hydrogens is 338 g/mol. The molecule has 1 aliphatic rings. The molecule has 0 N–H and O–H groups in total. The van der Waals surface area contributed by atoms with E-state index in [-0.39, 0.29) is 17.6 Å². The maximum atomic E-state index is 12.6. The molecule has 4 heterocycles. The van der Waals surface area contributed by atoms with Gasteiger partial charge in [0, 0.05) is 31.1 Å². The lowest BCUT2D eigenvalue weighted by molar-refractivity contribution is -0.131. The van der Waals surface area contributed by atoms with Crippen LogP contribution in [0.2, 0.25) is 0 Å². The van der Waals surface area contributed by atoms with Crippen LogP contribution in [0.5, 0.6) is 0 Å². The minimum Gasteiger partial charge on any atom is -0.342 e. The number of piperidine rings is 1. The largest absolute Gasteiger partial charge is 0.342 e. The second kappa shape index (κ2) is 6.44. The lowest BCUT2D eigenvalue weighted by atomic mass is 10.0. The molecular formula is C17H19N5O2S. The van der Waals surface area contributed by atoms with Gasteiger partial charge in [-0.1, -0.05) is 6.07 Å². The van der Waals surface area contributed by atoms with Crippen LogP contribution in [0, 0.1) is 0 Å². The minimum atomic E-state index is -0.0705. The summed E-state index contributed by atoms with van der Waals surface area (Å²) in [6.45, 7) is 1.34. The summed E-state index contributed by atoms with van der Waals surface area (Å²) in [5, 5.41) is 1.99. The number of aromatic nitrogens is 4. The van der Waals surface area contributed by atoms with Crippen molar-refractivity contribution in [2.24, 2.45) is 7.05 Å². The zero-order valence-electron chi connectivity index (χ0n) is 14.0. The van der Waals surface area contributed by atoms with Gasteiger partial charge in [-0.05, 0) is 24.3 Å². The number of carbonyl (C=O) groups is 1. The smallest absolute Gasteiger partial charge is 0.330 e. The van der Waals surface area contributed by atoms with Crippen LogP contribution >= 0.6 is 11.3 Å². The van der Waals surface area contributed by atoms with Gasteiger partial charge < -0.3 is 4.90 Å². The molecule has 4 rings (SSSR count). The Hall–Kier alpha value is -2.48. The van der Waals surface area contributed by atoms with Gasteiger partial charge in [0.05, 0.1) is 12.6 Å². The highest BCUT2D eigenvalue weighted by Crippen LogP contribution is 2.25. The standard InChI is InChI=1S/C17H19N5O2S/c1-20-14-10-18-11-19-16(14)22(17(20)24)12-4-6-21(7-5-12)15(23)9-13-3-2-8-25-13/h2-3,8,10-12H,4-7,9H2,1H3. The molecule has 0 atom stereocenters. The van der Waals surface area contributed by atoms with Crippen molar-refractivity contribution >= 4 is 28.4 Å². The molecule has 1 amide bonds. The molecule has 3 aromatic rings. The van der Waals surface area contributed by atoms with Gasteiger partial charge in [-0.25, -0.2) is 14.8 Å². The van der Waals surface area contributed by atoms with Crippen molar-refractivity contribution in [3.63, 3.8) is 0 Å². The fourth-order valence-electron chi connectivity index (χ4n) is 3.47. The Kier molecular flexibility index (Phi) is 4.12. The van der Waals surface area contributed by atoms with E-state index in [9.17, 15) is 9.59 Å². The number of carbonyl (C=O) groups excluding carboxylic acids is 1. The number of fused-ring (bicyclic) bond motifs is 1. The van der Waals surface area contributed by atoms with E-state index in [0.29, 0.717) is 25.2 Å². The Balaban J connectivity index is 1.50. The first-order valence-corrected chi connectivity index (χ1v) is 9.20. The minimum absolute atomic E-state index is 0.0666. The maximum Gasteiger partial charge on any atom is 0.330 e. The number of rotatable bonds is 3. The van der Waals surface area contributed by atoms with E-state index in [4.69, 9.17) is 0 Å². The highest BCUT2D eigenvalue weighted by atomic mass is 32.1. The first kappa shape index (κ1) is 16.0. The van der Waals surface area contributed by atoms with E-state index in [1.165, 1.54) is 6.33 Å². The zero-order valence-corrected chi connectivity index (χ0v) is 14.8. The molecule has 0 aromatic carbocycles. The first-order valence-electron chi connectivity index (χ1n) is 8.32. The molecule has 25 heavy (non-hydrogen) atoms. The average molecular weight is 357 g/mol. The molecule has 3 aromatic heterocycles. The number of hydrogen-bond acceptors (Lipinski definition) is 5. The third-order valence-electron chi connectivity index (χ3n) is 4.84. The van der Waals surface area contributed by atoms with Gasteiger partial charge in [-0.15, -0.1) is 11.3 Å². The average Bonchev–Trinajstić information content (AvgIpc) is 3.23. The molecule has 130 valence electrons. The van der Waals surface area contributed by atoms with Crippen molar-refractivity contribution in [2.45, 2.75) is 25.3 Å². The van der Waals surface area contributed by atoms with E-state index in [1.54, 1.807) is 33.7 Å². The molecule has 7 nitrogen and oxygen atoms in total. The molecule has 0 aliphatic carbocycles. The molecule has 0 unspecified atom stereocenters. The zero-order chi connectivity index (χ0) is 17.4. The summed E-state index contributed by atoms with van der Waals surface area (Å²) in [6.07, 6.45) is 5.13. The summed E-state index contributed by atoms with van der Waals surface area (Å²) in [5.41, 5.74) is 1.34. The van der Waals surface area contributed by atoms with Crippen LogP contribution in [0.15, 0.2) is 34.8 Å². The van der Waals surface area contributed by atoms with Gasteiger partial charge in [-0.3, -0.25) is 13.9 Å². The molecule has 1 aliphatic heterocycles. The fourth-order valence-corrected chi connectivity index (χ4v) is 4.17. The van der Waals surface area contributed by atoms with Crippen molar-refractivity contribution in [3.05, 3.63) is 45.4 Å². The van der Waals surface area contributed by atoms with E-state index < -0.39 is 0 Å². The van der Waals surface area contributed by atoms with Gasteiger partial charge >= 0.3 is 5.69 Å². The number of aryl methyl sites for hydroxylation is 1. The molecule has 0 bridgehead atoms. The van der Waals surface area contributed by atoms with Gasteiger partial charge in [0.2, 0.25) is 5.91 Å². The Bertz CT molecular complexity index is 951. The third-order valence-corrected chi connectivity index (χ3v) is 5.72. The summed E-state index contributed by atoms with van der Waals surface area (Å²) >= 11 is 1.61. The number of nitrogens with zero attached hydrogens (tertiary/aromatic N) is 5. The van der Waals surface area contributed by atoms with Gasteiger partial charge in [0.1, 0.15) is 11.8 Å². The lowest BCUT2D eigenvalue weighted by Crippen LogP contribution is -2.41. The lowest BCUT2D eigenvalue weighted by Gasteiger charge is -2.32. The summed E-state index contributed by atoms with van der Waals surface area (Å²) in [5.74, 6) is 0.161. The molecule has 0 saturated carbocycles. The Morgan fingerprint density at radius 2 is 2.16 bits per heavy atom. The fraction of sp³-hybridized carbons (Fsp3) is 0.412. The van der Waals surface area contributed by atoms with Gasteiger partial charge in [0.25, 0.3) is 0 Å². The first-order chi connectivity index (χ1) is 12.1. The number of likely N-dealkylation sites (tertiary alicyclic amines) is 1. The summed E-state index contributed by atoms with van der Waals surface area (Å²) < 4.78 is 3.35. The molecule has 0 radical (unpaired) electrons. The predicted octanol–water partition coefficient (Wildman–Crippen LogP) is 1.60. The molecule has 1 saturated heterocycles. The number of imidazole rings is 1. The topological polar surface area (TPSA) is 73.0 Å². The van der Waals surface area contributed by atoms with Crippen LogP contribution in [0.4, 0.5) is 0 Å². The third kappa shape index (κ3) is 2.86. The Morgan fingerprint density at radius 1 is 1.36 bits per heavy atom. The van der Waals surface area contributed by atoms with Gasteiger partial charge in [0.15, 0.2) is 5.65 Å². The quantitative estimate of drug-likeness (QED) is 0.714. The van der Waals surface area contributed by atoms with Crippen LogP contribution in [0.1, 0.15) is 23.8 Å². The number of amides is 1. The molecule has 0 spiro atoms. The van der Waals surface area contributed by atoms with Crippen LogP contribution in [-0.2, 0) is 18.3 Å². The Labute approximate surface area is 148 Å². The summed E-state index contributed by atoms with van der Waals surface area (Å²) in [4.78, 5) is 36.3. The van der Waals surface area contributed by atoms with Crippen molar-refractivity contribution < 1.29 is 4.79 Å². The maximum absolute atomic E-state index is 12.6. The van der Waals surface area contributed by atoms with Crippen molar-refractivity contribution in [1.29, 1.82) is 0 Å². The van der Waals surface area contributed by atoms with E-state index >= 15 is 0 Å². The van der Waals surface area contributed by atoms with Crippen LogP contribution in [-0.4, -0.2) is 43.0 Å². The summed E-state index contributed by atoms with van der Waals surface area (Å²) in [6, 6.07) is 4.02. The SMILES string of the molecule is Cn1c(=O)n(C2CCN(C(=O)Cc3cccs3)CC2)c2ncncc21. The predicted molar refractivity (Wildman–Crippen MR) is 95.6 cm³/mol. The second-order valence-electron chi connectivity index (χ2n) is 6.31. The van der Waals surface area contributed by atoms with E-state index in [1.807, 2.05) is 22.4 Å². The van der Waals surface area contributed by atoms with Crippen molar-refractivity contribution in [2.75, 3.05) is 13.1 Å². The highest BCUT2D eigenvalue weighted by Gasteiger charge is 2.27. The monoisotopic (exact) mass is 357 g/mol. The second-order valence-corrected chi connectivity index (χ2v) is 7.34.